The number of amides is 2. The molecule has 4 aromatic carbocycles. The van der Waals surface area contributed by atoms with E-state index in [1.54, 1.807) is 78.9 Å². The van der Waals surface area contributed by atoms with Gasteiger partial charge in [-0.05, 0) is 53.9 Å². The van der Waals surface area contributed by atoms with Crippen LogP contribution < -0.4 is 15.5 Å². The number of carbonyl (C=O) groups excluding carboxylic acids is 2. The van der Waals surface area contributed by atoms with Crippen molar-refractivity contribution in [2.75, 3.05) is 11.9 Å². The molecule has 0 unspecified atom stereocenters. The van der Waals surface area contributed by atoms with Crippen LogP contribution in [0.1, 0.15) is 22.3 Å². The lowest BCUT2D eigenvalue weighted by atomic mass is 9.85. The molecule has 38 heavy (non-hydrogen) atoms. The zero-order chi connectivity index (χ0) is 27.0. The highest BCUT2D eigenvalue weighted by molar-refractivity contribution is 6.32. The van der Waals surface area contributed by atoms with Gasteiger partial charge in [-0.3, -0.25) is 9.59 Å². The predicted molar refractivity (Wildman–Crippen MR) is 148 cm³/mol. The molecule has 0 saturated heterocycles. The fraction of sp³-hybridized carbons (Fsp3) is 0.100. The van der Waals surface area contributed by atoms with Crippen LogP contribution in [0.5, 0.6) is 5.75 Å². The van der Waals surface area contributed by atoms with E-state index in [4.69, 9.17) is 16.3 Å². The van der Waals surface area contributed by atoms with Gasteiger partial charge >= 0.3 is 0 Å². The van der Waals surface area contributed by atoms with Crippen LogP contribution in [-0.4, -0.2) is 29.7 Å². The molecule has 0 fully saturated rings. The number of rotatable bonds is 9. The first-order valence-electron chi connectivity index (χ1n) is 11.8. The Hall–Kier alpha value is -4.46. The zero-order valence-electron chi connectivity index (χ0n) is 20.6. The molecular formula is C30H26ClN3O4. The minimum atomic E-state index is -1.94. The van der Waals surface area contributed by atoms with Gasteiger partial charge in [0.25, 0.3) is 11.8 Å². The zero-order valence-corrected chi connectivity index (χ0v) is 21.4. The van der Waals surface area contributed by atoms with Crippen LogP contribution in [0, 0.1) is 6.92 Å². The molecule has 0 bridgehead atoms. The van der Waals surface area contributed by atoms with Gasteiger partial charge in [0.2, 0.25) is 0 Å². The minimum absolute atomic E-state index is 0.214. The Kier molecular flexibility index (Phi) is 8.53. The van der Waals surface area contributed by atoms with Crippen molar-refractivity contribution < 1.29 is 19.4 Å². The van der Waals surface area contributed by atoms with Gasteiger partial charge in [-0.1, -0.05) is 90.0 Å². The third-order valence-electron chi connectivity index (χ3n) is 5.74. The summed E-state index contributed by atoms with van der Waals surface area (Å²) >= 11 is 6.32. The van der Waals surface area contributed by atoms with Gasteiger partial charge in [0.05, 0.1) is 11.2 Å². The van der Waals surface area contributed by atoms with E-state index in [9.17, 15) is 14.7 Å². The Bertz CT molecular complexity index is 1390. The van der Waals surface area contributed by atoms with Crippen LogP contribution >= 0.6 is 11.6 Å². The van der Waals surface area contributed by atoms with Crippen LogP contribution in [0.25, 0.3) is 0 Å². The second-order valence-corrected chi connectivity index (χ2v) is 8.94. The highest BCUT2D eigenvalue weighted by Gasteiger charge is 2.39. The summed E-state index contributed by atoms with van der Waals surface area (Å²) in [5.74, 6) is -0.700. The molecule has 0 heterocycles. The number of hydrogen-bond donors (Lipinski definition) is 3. The molecular weight excluding hydrogens is 502 g/mol. The lowest BCUT2D eigenvalue weighted by Gasteiger charge is -2.27. The van der Waals surface area contributed by atoms with Crippen molar-refractivity contribution in [1.29, 1.82) is 0 Å². The number of aryl methyl sites for hydroxylation is 1. The Labute approximate surface area is 225 Å². The maximum atomic E-state index is 13.1. The molecule has 0 atom stereocenters. The molecule has 8 heteroatoms. The third kappa shape index (κ3) is 6.45. The molecule has 0 aliphatic rings. The molecule has 0 aromatic heterocycles. The number of carbonyl (C=O) groups is 2. The molecule has 0 saturated carbocycles. The van der Waals surface area contributed by atoms with E-state index in [0.717, 1.165) is 5.56 Å². The molecule has 0 radical (unpaired) electrons. The summed E-state index contributed by atoms with van der Waals surface area (Å²) in [4.78, 5) is 25.3. The van der Waals surface area contributed by atoms with E-state index in [1.165, 1.54) is 6.21 Å². The topological polar surface area (TPSA) is 100 Å². The highest BCUT2D eigenvalue weighted by atomic mass is 35.5. The fourth-order valence-corrected chi connectivity index (χ4v) is 3.97. The van der Waals surface area contributed by atoms with Crippen LogP contribution in [0.3, 0.4) is 0 Å². The van der Waals surface area contributed by atoms with Crippen LogP contribution in [0.15, 0.2) is 108 Å². The van der Waals surface area contributed by atoms with E-state index in [2.05, 4.69) is 15.8 Å². The van der Waals surface area contributed by atoms with Crippen LogP contribution in [0.2, 0.25) is 5.02 Å². The summed E-state index contributed by atoms with van der Waals surface area (Å²) < 4.78 is 5.54. The monoisotopic (exact) mass is 527 g/mol. The van der Waals surface area contributed by atoms with Gasteiger partial charge in [-0.2, -0.15) is 5.10 Å². The summed E-state index contributed by atoms with van der Waals surface area (Å²) in [5.41, 5.74) is 3.66. The van der Waals surface area contributed by atoms with Gasteiger partial charge in [-0.25, -0.2) is 5.43 Å². The summed E-state index contributed by atoms with van der Waals surface area (Å²) in [7, 11) is 0. The SMILES string of the molecule is Cc1ccc(NC(=O)COc2ccc(/C=N\NC(=O)C(O)(c3ccccc3)c3ccccc3)cc2Cl)cc1. The minimum Gasteiger partial charge on any atom is -0.482 e. The summed E-state index contributed by atoms with van der Waals surface area (Å²) in [5, 5.41) is 18.5. The highest BCUT2D eigenvalue weighted by Crippen LogP contribution is 2.30. The maximum Gasteiger partial charge on any atom is 0.281 e. The van der Waals surface area contributed by atoms with Crippen LogP contribution in [0.4, 0.5) is 5.69 Å². The largest absolute Gasteiger partial charge is 0.482 e. The van der Waals surface area contributed by atoms with Crippen molar-refractivity contribution in [3.05, 3.63) is 130 Å². The van der Waals surface area contributed by atoms with E-state index in [-0.39, 0.29) is 17.5 Å². The Morgan fingerprint density at radius 2 is 1.53 bits per heavy atom. The smallest absolute Gasteiger partial charge is 0.281 e. The second-order valence-electron chi connectivity index (χ2n) is 8.53. The van der Waals surface area contributed by atoms with Crippen molar-refractivity contribution in [1.82, 2.24) is 5.43 Å². The van der Waals surface area contributed by atoms with Gasteiger partial charge in [0.1, 0.15) is 5.75 Å². The number of nitrogens with zero attached hydrogens (tertiary/aromatic N) is 1. The van der Waals surface area contributed by atoms with Gasteiger partial charge in [0.15, 0.2) is 12.2 Å². The van der Waals surface area contributed by atoms with Crippen molar-refractivity contribution in [3.63, 3.8) is 0 Å². The number of benzene rings is 4. The van der Waals surface area contributed by atoms with Crippen molar-refractivity contribution in [3.8, 4) is 5.75 Å². The summed E-state index contributed by atoms with van der Waals surface area (Å²) in [6, 6.07) is 29.6. The number of ether oxygens (including phenoxy) is 1. The van der Waals surface area contributed by atoms with E-state index in [1.807, 2.05) is 31.2 Å². The average molecular weight is 528 g/mol. The lowest BCUT2D eigenvalue weighted by molar-refractivity contribution is -0.136. The molecule has 4 aromatic rings. The first-order valence-corrected chi connectivity index (χ1v) is 12.2. The Balaban J connectivity index is 1.39. The maximum absolute atomic E-state index is 13.1. The van der Waals surface area contributed by atoms with Crippen molar-refractivity contribution in [2.24, 2.45) is 5.10 Å². The van der Waals surface area contributed by atoms with Gasteiger partial charge in [-0.15, -0.1) is 0 Å². The fourth-order valence-electron chi connectivity index (χ4n) is 3.73. The van der Waals surface area contributed by atoms with Crippen molar-refractivity contribution in [2.45, 2.75) is 12.5 Å². The first kappa shape index (κ1) is 26.6. The Morgan fingerprint density at radius 3 is 2.11 bits per heavy atom. The molecule has 3 N–H and O–H groups in total. The summed E-state index contributed by atoms with van der Waals surface area (Å²) in [6.45, 7) is 1.75. The molecule has 0 aliphatic heterocycles. The van der Waals surface area contributed by atoms with Gasteiger partial charge in [0, 0.05) is 5.69 Å². The number of halogens is 1. The first-order chi connectivity index (χ1) is 18.4. The summed E-state index contributed by atoms with van der Waals surface area (Å²) in [6.07, 6.45) is 1.40. The number of aliphatic hydroxyl groups is 1. The van der Waals surface area contributed by atoms with E-state index in [0.29, 0.717) is 28.1 Å². The van der Waals surface area contributed by atoms with E-state index < -0.39 is 11.5 Å². The lowest BCUT2D eigenvalue weighted by Crippen LogP contribution is -2.43. The van der Waals surface area contributed by atoms with Crippen LogP contribution in [-0.2, 0) is 15.2 Å². The number of anilines is 1. The predicted octanol–water partition coefficient (Wildman–Crippen LogP) is 5.05. The molecule has 0 aliphatic carbocycles. The molecule has 192 valence electrons. The molecule has 2 amide bonds. The van der Waals surface area contributed by atoms with Crippen molar-refractivity contribution >= 4 is 35.3 Å². The number of nitrogens with one attached hydrogen (secondary N) is 2. The van der Waals surface area contributed by atoms with Gasteiger partial charge < -0.3 is 15.2 Å². The Morgan fingerprint density at radius 1 is 0.921 bits per heavy atom. The molecule has 0 spiro atoms. The molecule has 4 rings (SSSR count). The molecule has 7 nitrogen and oxygen atoms in total. The average Bonchev–Trinajstić information content (AvgIpc) is 2.94. The van der Waals surface area contributed by atoms with E-state index >= 15 is 0 Å². The quantitative estimate of drug-likeness (QED) is 0.209. The third-order valence-corrected chi connectivity index (χ3v) is 6.04. The second kappa shape index (κ2) is 12.2. The number of hydrogen-bond acceptors (Lipinski definition) is 5. The standard InChI is InChI=1S/C30H26ClN3O4/c1-21-12-15-25(16-13-21)33-28(35)20-38-27-17-14-22(18-26(27)31)19-32-34-29(36)30(37,23-8-4-2-5-9-23)24-10-6-3-7-11-24/h2-19,37H,20H2,1H3,(H,33,35)(H,34,36)/b32-19-. The normalized spacial score (nSPS) is 11.2. The number of hydrazone groups is 1.